The van der Waals surface area contributed by atoms with E-state index in [1.165, 1.54) is 17.5 Å². The lowest BCUT2D eigenvalue weighted by molar-refractivity contribution is 0.0906. The van der Waals surface area contributed by atoms with Crippen LogP contribution in [0, 0.1) is 0 Å². The number of hydrogen-bond acceptors (Lipinski definition) is 3. The van der Waals surface area contributed by atoms with E-state index in [-0.39, 0.29) is 5.91 Å². The highest BCUT2D eigenvalue weighted by Crippen LogP contribution is 2.17. The van der Waals surface area contributed by atoms with Gasteiger partial charge < -0.3 is 15.5 Å². The molecule has 0 radical (unpaired) electrons. The molecule has 0 spiro atoms. The zero-order chi connectivity index (χ0) is 13.9. The Bertz CT molecular complexity index is 500. The summed E-state index contributed by atoms with van der Waals surface area (Å²) in [6, 6.07) is 6.35. The van der Waals surface area contributed by atoms with Gasteiger partial charge in [0.05, 0.1) is 0 Å². The molecule has 1 saturated heterocycles. The number of nitrogens with zero attached hydrogens (tertiary/aromatic N) is 1. The molecule has 2 aliphatic rings. The molecule has 4 nitrogen and oxygen atoms in total. The summed E-state index contributed by atoms with van der Waals surface area (Å²) < 4.78 is 0. The quantitative estimate of drug-likeness (QED) is 0.877. The first-order valence-corrected chi connectivity index (χ1v) is 7.62. The molecule has 2 heterocycles. The number of fused-ring (bicyclic) bond motifs is 1. The number of amides is 1. The van der Waals surface area contributed by atoms with Gasteiger partial charge in [-0.05, 0) is 49.2 Å². The molecule has 1 aromatic carbocycles. The van der Waals surface area contributed by atoms with Crippen LogP contribution < -0.4 is 10.6 Å². The molecule has 0 aliphatic carbocycles. The zero-order valence-corrected chi connectivity index (χ0v) is 12.1. The van der Waals surface area contributed by atoms with Crippen LogP contribution in [0.1, 0.15) is 41.3 Å². The molecule has 0 aromatic heterocycles. The number of likely N-dealkylation sites (tertiary alicyclic amines) is 1. The zero-order valence-electron chi connectivity index (χ0n) is 12.1. The van der Waals surface area contributed by atoms with Gasteiger partial charge in [0.1, 0.15) is 0 Å². The average Bonchev–Trinajstić information content (AvgIpc) is 2.94. The van der Waals surface area contributed by atoms with Gasteiger partial charge in [0.25, 0.3) is 5.91 Å². The number of hydrogen-bond donors (Lipinski definition) is 2. The van der Waals surface area contributed by atoms with Crippen LogP contribution in [-0.4, -0.2) is 36.5 Å². The van der Waals surface area contributed by atoms with E-state index in [0.29, 0.717) is 6.04 Å². The Labute approximate surface area is 120 Å². The first kappa shape index (κ1) is 13.6. The standard InChI is InChI=1S/C16H23N3O/c1-2-19-7-3-4-15(11-19)18-16(20)12-5-6-13-9-17-10-14(13)8-12/h5-6,8,15,17H,2-4,7,9-11H2,1H3,(H,18,20). The van der Waals surface area contributed by atoms with Gasteiger partial charge in [-0.3, -0.25) is 4.79 Å². The van der Waals surface area contributed by atoms with Crippen molar-refractivity contribution in [1.82, 2.24) is 15.5 Å². The Morgan fingerprint density at radius 2 is 2.25 bits per heavy atom. The van der Waals surface area contributed by atoms with Crippen LogP contribution in [0.3, 0.4) is 0 Å². The van der Waals surface area contributed by atoms with Crippen molar-refractivity contribution in [2.45, 2.75) is 38.9 Å². The Kier molecular flexibility index (Phi) is 4.03. The molecular formula is C16H23N3O. The molecule has 20 heavy (non-hydrogen) atoms. The summed E-state index contributed by atoms with van der Waals surface area (Å²) in [5.41, 5.74) is 3.37. The fourth-order valence-electron chi connectivity index (χ4n) is 3.17. The third kappa shape index (κ3) is 2.86. The molecule has 4 heteroatoms. The Morgan fingerprint density at radius 3 is 3.10 bits per heavy atom. The van der Waals surface area contributed by atoms with Crippen LogP contribution >= 0.6 is 0 Å². The minimum Gasteiger partial charge on any atom is -0.348 e. The third-order valence-electron chi connectivity index (χ3n) is 4.39. The Balaban J connectivity index is 1.64. The fraction of sp³-hybridized carbons (Fsp3) is 0.562. The van der Waals surface area contributed by atoms with Gasteiger partial charge in [-0.2, -0.15) is 0 Å². The van der Waals surface area contributed by atoms with Gasteiger partial charge in [-0.25, -0.2) is 0 Å². The van der Waals surface area contributed by atoms with Gasteiger partial charge in [0, 0.05) is 31.2 Å². The number of likely N-dealkylation sites (N-methyl/N-ethyl adjacent to an activating group) is 1. The Morgan fingerprint density at radius 1 is 1.40 bits per heavy atom. The molecule has 3 rings (SSSR count). The second kappa shape index (κ2) is 5.94. The topological polar surface area (TPSA) is 44.4 Å². The maximum absolute atomic E-state index is 12.4. The van der Waals surface area contributed by atoms with Crippen molar-refractivity contribution in [3.8, 4) is 0 Å². The first-order chi connectivity index (χ1) is 9.76. The van der Waals surface area contributed by atoms with Crippen LogP contribution in [0.15, 0.2) is 18.2 Å². The number of carbonyl (C=O) groups is 1. The molecule has 1 amide bonds. The smallest absolute Gasteiger partial charge is 0.251 e. The van der Waals surface area contributed by atoms with Crippen molar-refractivity contribution in [1.29, 1.82) is 0 Å². The van der Waals surface area contributed by atoms with E-state index in [4.69, 9.17) is 0 Å². The number of carbonyl (C=O) groups excluding carboxylic acids is 1. The number of rotatable bonds is 3. The molecule has 1 fully saturated rings. The summed E-state index contributed by atoms with van der Waals surface area (Å²) in [5, 5.41) is 6.50. The molecule has 0 bridgehead atoms. The SMILES string of the molecule is CCN1CCCC(NC(=O)c2ccc3c(c2)CNC3)C1. The van der Waals surface area contributed by atoms with Crippen molar-refractivity contribution in [2.24, 2.45) is 0 Å². The van der Waals surface area contributed by atoms with E-state index in [9.17, 15) is 4.79 Å². The highest BCUT2D eigenvalue weighted by molar-refractivity contribution is 5.94. The van der Waals surface area contributed by atoms with Crippen LogP contribution in [0.25, 0.3) is 0 Å². The minimum atomic E-state index is 0.0719. The molecule has 1 aromatic rings. The summed E-state index contributed by atoms with van der Waals surface area (Å²) in [7, 11) is 0. The largest absolute Gasteiger partial charge is 0.348 e. The van der Waals surface area contributed by atoms with Gasteiger partial charge >= 0.3 is 0 Å². The van der Waals surface area contributed by atoms with Crippen molar-refractivity contribution < 1.29 is 4.79 Å². The second-order valence-electron chi connectivity index (χ2n) is 5.79. The van der Waals surface area contributed by atoms with Crippen LogP contribution in [-0.2, 0) is 13.1 Å². The van der Waals surface area contributed by atoms with Crippen LogP contribution in [0.2, 0.25) is 0 Å². The fourth-order valence-corrected chi connectivity index (χ4v) is 3.17. The highest BCUT2D eigenvalue weighted by atomic mass is 16.1. The van der Waals surface area contributed by atoms with Gasteiger partial charge in [0.15, 0.2) is 0 Å². The lowest BCUT2D eigenvalue weighted by atomic mass is 10.0. The van der Waals surface area contributed by atoms with Gasteiger partial charge in [0.2, 0.25) is 0 Å². The molecule has 0 saturated carbocycles. The van der Waals surface area contributed by atoms with Crippen LogP contribution in [0.4, 0.5) is 0 Å². The monoisotopic (exact) mass is 273 g/mol. The average molecular weight is 273 g/mol. The minimum absolute atomic E-state index is 0.0719. The number of nitrogens with one attached hydrogen (secondary N) is 2. The highest BCUT2D eigenvalue weighted by Gasteiger charge is 2.21. The van der Waals surface area contributed by atoms with Gasteiger partial charge in [-0.15, -0.1) is 0 Å². The van der Waals surface area contributed by atoms with Crippen molar-refractivity contribution in [2.75, 3.05) is 19.6 Å². The van der Waals surface area contributed by atoms with Crippen molar-refractivity contribution >= 4 is 5.91 Å². The second-order valence-corrected chi connectivity index (χ2v) is 5.79. The predicted molar refractivity (Wildman–Crippen MR) is 79.6 cm³/mol. The van der Waals surface area contributed by atoms with Crippen molar-refractivity contribution in [3.63, 3.8) is 0 Å². The lowest BCUT2D eigenvalue weighted by Crippen LogP contribution is -2.47. The van der Waals surface area contributed by atoms with Crippen LogP contribution in [0.5, 0.6) is 0 Å². The maximum Gasteiger partial charge on any atom is 0.251 e. The molecule has 1 atom stereocenters. The normalized spacial score (nSPS) is 22.6. The van der Waals surface area contributed by atoms with Gasteiger partial charge in [-0.1, -0.05) is 13.0 Å². The summed E-state index contributed by atoms with van der Waals surface area (Å²) in [5.74, 6) is 0.0719. The van der Waals surface area contributed by atoms with E-state index < -0.39 is 0 Å². The Hall–Kier alpha value is -1.39. The summed E-state index contributed by atoms with van der Waals surface area (Å²) in [6.45, 7) is 7.19. The number of piperidine rings is 1. The van der Waals surface area contributed by atoms with E-state index in [2.05, 4.69) is 28.5 Å². The van der Waals surface area contributed by atoms with E-state index >= 15 is 0 Å². The lowest BCUT2D eigenvalue weighted by Gasteiger charge is -2.32. The van der Waals surface area contributed by atoms with E-state index in [1.54, 1.807) is 0 Å². The van der Waals surface area contributed by atoms with E-state index in [1.807, 2.05) is 12.1 Å². The summed E-state index contributed by atoms with van der Waals surface area (Å²) >= 11 is 0. The number of benzene rings is 1. The summed E-state index contributed by atoms with van der Waals surface area (Å²) in [6.07, 6.45) is 2.27. The maximum atomic E-state index is 12.4. The third-order valence-corrected chi connectivity index (χ3v) is 4.39. The molecule has 2 aliphatic heterocycles. The molecule has 108 valence electrons. The predicted octanol–water partition coefficient (Wildman–Crippen LogP) is 1.50. The molecule has 1 unspecified atom stereocenters. The first-order valence-electron chi connectivity index (χ1n) is 7.62. The molecule has 2 N–H and O–H groups in total. The molecular weight excluding hydrogens is 250 g/mol. The van der Waals surface area contributed by atoms with Crippen molar-refractivity contribution in [3.05, 3.63) is 34.9 Å². The van der Waals surface area contributed by atoms with E-state index in [0.717, 1.165) is 44.7 Å². The summed E-state index contributed by atoms with van der Waals surface area (Å²) in [4.78, 5) is 14.8.